The molecule has 0 aliphatic rings. The molecule has 0 bridgehead atoms. The summed E-state index contributed by atoms with van der Waals surface area (Å²) in [6.07, 6.45) is 0.606. The number of non-ortho nitro benzene ring substituents is 1. The van der Waals surface area contributed by atoms with E-state index in [4.69, 9.17) is 9.84 Å². The maximum atomic E-state index is 11.6. The number of aromatic carboxylic acids is 1. The first-order chi connectivity index (χ1) is 9.45. The largest absolute Gasteiger partial charge is 0.478 e. The van der Waals surface area contributed by atoms with Crippen LogP contribution in [0.2, 0.25) is 0 Å². The molecule has 0 fully saturated rings. The molecule has 0 saturated carbocycles. The van der Waals surface area contributed by atoms with Crippen molar-refractivity contribution < 1.29 is 24.4 Å². The number of carboxylic acid groups (broad SMARTS) is 1. The first kappa shape index (κ1) is 15.6. The van der Waals surface area contributed by atoms with Gasteiger partial charge in [0, 0.05) is 32.3 Å². The molecule has 0 unspecified atom stereocenters. The molecule has 0 radical (unpaired) electrons. The lowest BCUT2D eigenvalue weighted by molar-refractivity contribution is -0.384. The number of hydrogen-bond acceptors (Lipinski definition) is 5. The smallest absolute Gasteiger partial charge is 0.337 e. The van der Waals surface area contributed by atoms with E-state index in [0.29, 0.717) is 13.0 Å². The topological polar surface area (TPSA) is 119 Å². The van der Waals surface area contributed by atoms with Gasteiger partial charge in [-0.3, -0.25) is 14.9 Å². The molecule has 0 aromatic heterocycles. The Morgan fingerprint density at radius 2 is 2.15 bits per heavy atom. The molecular formula is C12H14N2O6. The molecule has 1 aromatic rings. The average molecular weight is 282 g/mol. The summed E-state index contributed by atoms with van der Waals surface area (Å²) in [5.41, 5.74) is -0.577. The minimum atomic E-state index is -1.27. The third-order valence-corrected chi connectivity index (χ3v) is 2.47. The van der Waals surface area contributed by atoms with Crippen LogP contribution in [0.1, 0.15) is 23.2 Å². The van der Waals surface area contributed by atoms with Crippen molar-refractivity contribution >= 4 is 23.3 Å². The Kier molecular flexibility index (Phi) is 5.60. The Morgan fingerprint density at radius 3 is 2.70 bits per heavy atom. The van der Waals surface area contributed by atoms with Gasteiger partial charge in [-0.2, -0.15) is 0 Å². The van der Waals surface area contributed by atoms with Gasteiger partial charge in [-0.25, -0.2) is 4.79 Å². The first-order valence-corrected chi connectivity index (χ1v) is 5.76. The third-order valence-electron chi connectivity index (χ3n) is 2.47. The second-order valence-electron chi connectivity index (χ2n) is 3.94. The van der Waals surface area contributed by atoms with Gasteiger partial charge in [0.2, 0.25) is 5.91 Å². The van der Waals surface area contributed by atoms with E-state index in [1.807, 2.05) is 0 Å². The predicted molar refractivity (Wildman–Crippen MR) is 69.8 cm³/mol. The Bertz CT molecular complexity index is 529. The van der Waals surface area contributed by atoms with E-state index in [1.165, 1.54) is 7.11 Å². The van der Waals surface area contributed by atoms with Crippen molar-refractivity contribution in [1.82, 2.24) is 0 Å². The molecular weight excluding hydrogens is 268 g/mol. The molecule has 0 aliphatic heterocycles. The zero-order chi connectivity index (χ0) is 15.1. The number of hydrogen-bond donors (Lipinski definition) is 2. The summed E-state index contributed by atoms with van der Waals surface area (Å²) in [7, 11) is 1.50. The highest BCUT2D eigenvalue weighted by molar-refractivity contribution is 6.01. The molecule has 108 valence electrons. The number of ether oxygens (including phenoxy) is 1. The van der Waals surface area contributed by atoms with Crippen LogP contribution in [0, 0.1) is 10.1 Å². The fourth-order valence-corrected chi connectivity index (χ4v) is 1.53. The van der Waals surface area contributed by atoms with Gasteiger partial charge in [-0.05, 0) is 12.5 Å². The summed E-state index contributed by atoms with van der Waals surface area (Å²) >= 11 is 0. The number of nitro groups is 1. The molecule has 8 heteroatoms. The number of rotatable bonds is 7. The number of carboxylic acids is 1. The molecule has 0 aliphatic carbocycles. The minimum Gasteiger partial charge on any atom is -0.478 e. The number of carbonyl (C=O) groups is 2. The van der Waals surface area contributed by atoms with Crippen molar-refractivity contribution in [1.29, 1.82) is 0 Å². The van der Waals surface area contributed by atoms with Crippen molar-refractivity contribution in [2.75, 3.05) is 19.0 Å². The second kappa shape index (κ2) is 7.19. The summed E-state index contributed by atoms with van der Waals surface area (Å²) in [4.78, 5) is 32.6. The highest BCUT2D eigenvalue weighted by Gasteiger charge is 2.16. The second-order valence-corrected chi connectivity index (χ2v) is 3.94. The molecule has 2 N–H and O–H groups in total. The predicted octanol–water partition coefficient (Wildman–Crippen LogP) is 1.66. The van der Waals surface area contributed by atoms with Crippen molar-refractivity contribution in [2.24, 2.45) is 0 Å². The summed E-state index contributed by atoms with van der Waals surface area (Å²) in [6, 6.07) is 3.19. The molecule has 1 rings (SSSR count). The van der Waals surface area contributed by atoms with Gasteiger partial charge < -0.3 is 15.2 Å². The number of carbonyl (C=O) groups excluding carboxylic acids is 1. The van der Waals surface area contributed by atoms with Gasteiger partial charge in [0.1, 0.15) is 0 Å². The van der Waals surface area contributed by atoms with Gasteiger partial charge in [-0.15, -0.1) is 0 Å². The van der Waals surface area contributed by atoms with Crippen LogP contribution in [-0.2, 0) is 9.53 Å². The van der Waals surface area contributed by atoms with Crippen molar-refractivity contribution in [3.8, 4) is 0 Å². The summed E-state index contributed by atoms with van der Waals surface area (Å²) < 4.78 is 4.79. The van der Waals surface area contributed by atoms with Crippen LogP contribution in [0.4, 0.5) is 11.4 Å². The van der Waals surface area contributed by atoms with E-state index >= 15 is 0 Å². The van der Waals surface area contributed by atoms with Gasteiger partial charge >= 0.3 is 5.97 Å². The van der Waals surface area contributed by atoms with Crippen molar-refractivity contribution in [3.05, 3.63) is 33.9 Å². The number of anilines is 1. The van der Waals surface area contributed by atoms with Crippen LogP contribution in [0.25, 0.3) is 0 Å². The lowest BCUT2D eigenvalue weighted by Gasteiger charge is -2.08. The Hall–Kier alpha value is -2.48. The van der Waals surface area contributed by atoms with Gasteiger partial charge in [-0.1, -0.05) is 0 Å². The summed E-state index contributed by atoms with van der Waals surface area (Å²) in [5, 5.41) is 22.0. The fourth-order valence-electron chi connectivity index (χ4n) is 1.53. The molecule has 0 spiro atoms. The highest BCUT2D eigenvalue weighted by atomic mass is 16.6. The van der Waals surface area contributed by atoms with Crippen LogP contribution in [0.3, 0.4) is 0 Å². The Morgan fingerprint density at radius 1 is 1.45 bits per heavy atom. The summed E-state index contributed by atoms with van der Waals surface area (Å²) in [6.45, 7) is 0.397. The molecule has 0 saturated heterocycles. The van der Waals surface area contributed by atoms with E-state index < -0.39 is 16.8 Å². The lowest BCUT2D eigenvalue weighted by Crippen LogP contribution is -2.15. The number of nitrogens with zero attached hydrogens (tertiary/aromatic N) is 1. The average Bonchev–Trinajstić information content (AvgIpc) is 2.38. The van der Waals surface area contributed by atoms with Gasteiger partial charge in [0.25, 0.3) is 5.69 Å². The third kappa shape index (κ3) is 4.32. The Balaban J connectivity index is 2.90. The number of amides is 1. The zero-order valence-corrected chi connectivity index (χ0v) is 10.8. The fraction of sp³-hybridized carbons (Fsp3) is 0.333. The van der Waals surface area contributed by atoms with Gasteiger partial charge in [0.15, 0.2) is 0 Å². The molecule has 20 heavy (non-hydrogen) atoms. The van der Waals surface area contributed by atoms with E-state index in [-0.39, 0.29) is 23.4 Å². The van der Waals surface area contributed by atoms with E-state index in [1.54, 1.807) is 0 Å². The van der Waals surface area contributed by atoms with Crippen LogP contribution < -0.4 is 5.32 Å². The molecule has 1 amide bonds. The minimum absolute atomic E-state index is 0.0888. The van der Waals surface area contributed by atoms with E-state index in [2.05, 4.69) is 5.32 Å². The molecule has 1 aromatic carbocycles. The summed E-state index contributed by atoms with van der Waals surface area (Å²) in [5.74, 6) is -1.70. The normalized spacial score (nSPS) is 10.1. The molecule has 8 nitrogen and oxygen atoms in total. The number of nitro benzene ring substituents is 1. The lowest BCUT2D eigenvalue weighted by atomic mass is 10.1. The molecule has 0 atom stereocenters. The first-order valence-electron chi connectivity index (χ1n) is 5.76. The SMILES string of the molecule is COCCCC(=O)Nc1cc([N+](=O)[O-])ccc1C(=O)O. The van der Waals surface area contributed by atoms with Crippen molar-refractivity contribution in [2.45, 2.75) is 12.8 Å². The van der Waals surface area contributed by atoms with Gasteiger partial charge in [0.05, 0.1) is 16.2 Å². The van der Waals surface area contributed by atoms with Crippen LogP contribution in [0.15, 0.2) is 18.2 Å². The van der Waals surface area contributed by atoms with E-state index in [0.717, 1.165) is 18.2 Å². The maximum Gasteiger partial charge on any atom is 0.337 e. The van der Waals surface area contributed by atoms with E-state index in [9.17, 15) is 19.7 Å². The number of nitrogens with one attached hydrogen (secondary N) is 1. The quantitative estimate of drug-likeness (QED) is 0.446. The van der Waals surface area contributed by atoms with Crippen LogP contribution >= 0.6 is 0 Å². The number of methoxy groups -OCH3 is 1. The van der Waals surface area contributed by atoms with Crippen LogP contribution in [-0.4, -0.2) is 35.6 Å². The monoisotopic (exact) mass is 282 g/mol. The van der Waals surface area contributed by atoms with Crippen molar-refractivity contribution in [3.63, 3.8) is 0 Å². The maximum absolute atomic E-state index is 11.6. The number of benzene rings is 1. The standard InChI is InChI=1S/C12H14N2O6/c1-20-6-2-3-11(15)13-10-7-8(14(18)19)4-5-9(10)12(16)17/h4-5,7H,2-3,6H2,1H3,(H,13,15)(H,16,17). The highest BCUT2D eigenvalue weighted by Crippen LogP contribution is 2.23. The zero-order valence-electron chi connectivity index (χ0n) is 10.8. The Labute approximate surface area is 114 Å². The van der Waals surface area contributed by atoms with Crippen LogP contribution in [0.5, 0.6) is 0 Å². The molecule has 0 heterocycles.